The minimum atomic E-state index is -0.378. The molecule has 106 valence electrons. The van der Waals surface area contributed by atoms with E-state index in [1.165, 1.54) is 5.69 Å². The molecule has 0 fully saturated rings. The monoisotopic (exact) mass is 263 g/mol. The first-order chi connectivity index (χ1) is 9.19. The lowest BCUT2D eigenvalue weighted by molar-refractivity contribution is -0.122. The lowest BCUT2D eigenvalue weighted by Crippen LogP contribution is -2.41. The van der Waals surface area contributed by atoms with Gasteiger partial charge in [-0.05, 0) is 31.9 Å². The van der Waals surface area contributed by atoms with Crippen molar-refractivity contribution >= 4 is 11.6 Å². The maximum absolute atomic E-state index is 11.5. The number of para-hydroxylation sites is 1. The summed E-state index contributed by atoms with van der Waals surface area (Å²) in [7, 11) is 0. The van der Waals surface area contributed by atoms with E-state index < -0.39 is 0 Å². The van der Waals surface area contributed by atoms with Crippen molar-refractivity contribution in [2.75, 3.05) is 24.5 Å². The van der Waals surface area contributed by atoms with Crippen LogP contribution in [0.4, 0.5) is 5.69 Å². The molecule has 3 N–H and O–H groups in total. The van der Waals surface area contributed by atoms with Crippen LogP contribution in [-0.2, 0) is 4.79 Å². The quantitative estimate of drug-likeness (QED) is 0.703. The first-order valence-electron chi connectivity index (χ1n) is 7.02. The van der Waals surface area contributed by atoms with E-state index >= 15 is 0 Å². The summed E-state index contributed by atoms with van der Waals surface area (Å²) in [5.41, 5.74) is 6.88. The van der Waals surface area contributed by atoms with Crippen LogP contribution in [0.2, 0.25) is 0 Å². The van der Waals surface area contributed by atoms with Crippen molar-refractivity contribution in [2.45, 2.75) is 32.7 Å². The van der Waals surface area contributed by atoms with Crippen molar-refractivity contribution in [3.63, 3.8) is 0 Å². The number of nitrogens with two attached hydrogens (primary N) is 1. The van der Waals surface area contributed by atoms with E-state index in [1.54, 1.807) is 0 Å². The minimum absolute atomic E-state index is 0.0507. The highest BCUT2D eigenvalue weighted by atomic mass is 16.2. The van der Waals surface area contributed by atoms with Crippen molar-refractivity contribution in [3.05, 3.63) is 30.3 Å². The standard InChI is InChI=1S/C15H25N3O/c1-3-14(16)15(19)17-11-8-12-18(4-2)13-9-6-5-7-10-13/h5-7,9-10,14H,3-4,8,11-12,16H2,1-2H3,(H,17,19). The van der Waals surface area contributed by atoms with Crippen LogP contribution in [0.25, 0.3) is 0 Å². The molecule has 1 aromatic rings. The Balaban J connectivity index is 2.30. The lowest BCUT2D eigenvalue weighted by Gasteiger charge is -2.23. The fourth-order valence-corrected chi connectivity index (χ4v) is 1.91. The summed E-state index contributed by atoms with van der Waals surface area (Å²) in [6, 6.07) is 9.94. The Hall–Kier alpha value is -1.55. The lowest BCUT2D eigenvalue weighted by atomic mass is 10.2. The van der Waals surface area contributed by atoms with E-state index in [0.717, 1.165) is 19.5 Å². The van der Waals surface area contributed by atoms with E-state index in [9.17, 15) is 4.79 Å². The Bertz CT molecular complexity index is 367. The van der Waals surface area contributed by atoms with Crippen LogP contribution < -0.4 is 16.0 Å². The highest BCUT2D eigenvalue weighted by Crippen LogP contribution is 2.12. The molecule has 0 aliphatic carbocycles. The van der Waals surface area contributed by atoms with Gasteiger partial charge in [0.25, 0.3) is 0 Å². The van der Waals surface area contributed by atoms with Gasteiger partial charge in [0.1, 0.15) is 0 Å². The maximum atomic E-state index is 11.5. The number of benzene rings is 1. The van der Waals surface area contributed by atoms with Gasteiger partial charge in [0.15, 0.2) is 0 Å². The molecule has 1 aromatic carbocycles. The Morgan fingerprint density at radius 2 is 2.00 bits per heavy atom. The van der Waals surface area contributed by atoms with E-state index in [4.69, 9.17) is 5.73 Å². The van der Waals surface area contributed by atoms with Crippen LogP contribution in [0.15, 0.2) is 30.3 Å². The van der Waals surface area contributed by atoms with Crippen molar-refractivity contribution in [3.8, 4) is 0 Å². The van der Waals surface area contributed by atoms with Crippen molar-refractivity contribution < 1.29 is 4.79 Å². The number of amides is 1. The molecule has 1 atom stereocenters. The molecule has 0 heterocycles. The van der Waals surface area contributed by atoms with Gasteiger partial charge >= 0.3 is 0 Å². The fraction of sp³-hybridized carbons (Fsp3) is 0.533. The Labute approximate surface area is 116 Å². The average molecular weight is 263 g/mol. The van der Waals surface area contributed by atoms with Crippen LogP contribution >= 0.6 is 0 Å². The number of nitrogens with zero attached hydrogens (tertiary/aromatic N) is 1. The van der Waals surface area contributed by atoms with Crippen molar-refractivity contribution in [1.82, 2.24) is 5.32 Å². The first kappa shape index (κ1) is 15.5. The predicted octanol–water partition coefficient (Wildman–Crippen LogP) is 1.76. The zero-order valence-electron chi connectivity index (χ0n) is 11.9. The molecule has 0 aliphatic heterocycles. The van der Waals surface area contributed by atoms with Gasteiger partial charge in [-0.15, -0.1) is 0 Å². The maximum Gasteiger partial charge on any atom is 0.236 e. The van der Waals surface area contributed by atoms with Gasteiger partial charge in [0.2, 0.25) is 5.91 Å². The number of hydrogen-bond donors (Lipinski definition) is 2. The van der Waals surface area contributed by atoms with Gasteiger partial charge < -0.3 is 16.0 Å². The molecule has 0 aromatic heterocycles. The molecule has 1 rings (SSSR count). The molecule has 4 heteroatoms. The molecule has 0 saturated carbocycles. The molecular weight excluding hydrogens is 238 g/mol. The Morgan fingerprint density at radius 1 is 1.32 bits per heavy atom. The first-order valence-corrected chi connectivity index (χ1v) is 7.02. The van der Waals surface area contributed by atoms with Gasteiger partial charge in [0.05, 0.1) is 6.04 Å². The highest BCUT2D eigenvalue weighted by Gasteiger charge is 2.09. The second-order valence-corrected chi connectivity index (χ2v) is 4.57. The molecule has 0 bridgehead atoms. The Morgan fingerprint density at radius 3 is 2.58 bits per heavy atom. The summed E-state index contributed by atoms with van der Waals surface area (Å²) >= 11 is 0. The average Bonchev–Trinajstić information content (AvgIpc) is 2.47. The van der Waals surface area contributed by atoms with E-state index in [0.29, 0.717) is 13.0 Å². The molecule has 1 amide bonds. The third-order valence-electron chi connectivity index (χ3n) is 3.18. The predicted molar refractivity (Wildman–Crippen MR) is 80.2 cm³/mol. The van der Waals surface area contributed by atoms with E-state index in [-0.39, 0.29) is 11.9 Å². The summed E-state index contributed by atoms with van der Waals surface area (Å²) in [5.74, 6) is -0.0507. The largest absolute Gasteiger partial charge is 0.372 e. The highest BCUT2D eigenvalue weighted by molar-refractivity contribution is 5.81. The molecule has 0 radical (unpaired) electrons. The number of anilines is 1. The Kier molecular flexibility index (Phi) is 6.97. The molecule has 19 heavy (non-hydrogen) atoms. The number of carbonyl (C=O) groups is 1. The summed E-state index contributed by atoms with van der Waals surface area (Å²) in [5, 5.41) is 2.87. The second kappa shape index (κ2) is 8.53. The zero-order chi connectivity index (χ0) is 14.1. The van der Waals surface area contributed by atoms with Gasteiger partial charge in [-0.3, -0.25) is 4.79 Å². The number of carbonyl (C=O) groups excluding carboxylic acids is 1. The summed E-state index contributed by atoms with van der Waals surface area (Å²) < 4.78 is 0. The van der Waals surface area contributed by atoms with Crippen LogP contribution in [0.3, 0.4) is 0 Å². The fourth-order valence-electron chi connectivity index (χ4n) is 1.91. The zero-order valence-corrected chi connectivity index (χ0v) is 11.9. The SMILES string of the molecule is CCC(N)C(=O)NCCCN(CC)c1ccccc1. The van der Waals surface area contributed by atoms with Gasteiger partial charge in [0, 0.05) is 25.3 Å². The van der Waals surface area contributed by atoms with E-state index in [2.05, 4.69) is 29.3 Å². The summed E-state index contributed by atoms with van der Waals surface area (Å²) in [6.07, 6.45) is 1.60. The molecule has 0 spiro atoms. The van der Waals surface area contributed by atoms with Gasteiger partial charge in [-0.2, -0.15) is 0 Å². The van der Waals surface area contributed by atoms with Crippen LogP contribution in [0.5, 0.6) is 0 Å². The topological polar surface area (TPSA) is 58.4 Å². The molecule has 0 saturated heterocycles. The molecule has 0 aliphatic rings. The van der Waals surface area contributed by atoms with Crippen molar-refractivity contribution in [1.29, 1.82) is 0 Å². The van der Waals surface area contributed by atoms with Crippen LogP contribution in [-0.4, -0.2) is 31.6 Å². The van der Waals surface area contributed by atoms with Crippen LogP contribution in [0.1, 0.15) is 26.7 Å². The van der Waals surface area contributed by atoms with Crippen LogP contribution in [0, 0.1) is 0 Å². The van der Waals surface area contributed by atoms with Gasteiger partial charge in [-0.25, -0.2) is 0 Å². The third-order valence-corrected chi connectivity index (χ3v) is 3.18. The third kappa shape index (κ3) is 5.30. The number of hydrogen-bond acceptors (Lipinski definition) is 3. The summed E-state index contributed by atoms with van der Waals surface area (Å²) in [6.45, 7) is 6.63. The molecular formula is C15H25N3O. The second-order valence-electron chi connectivity index (χ2n) is 4.57. The molecule has 1 unspecified atom stereocenters. The summed E-state index contributed by atoms with van der Waals surface area (Å²) in [4.78, 5) is 13.8. The molecule has 4 nitrogen and oxygen atoms in total. The minimum Gasteiger partial charge on any atom is -0.372 e. The number of rotatable bonds is 8. The number of nitrogens with one attached hydrogen (secondary N) is 1. The smallest absolute Gasteiger partial charge is 0.236 e. The van der Waals surface area contributed by atoms with Gasteiger partial charge in [-0.1, -0.05) is 25.1 Å². The van der Waals surface area contributed by atoms with Crippen molar-refractivity contribution in [2.24, 2.45) is 5.73 Å². The van der Waals surface area contributed by atoms with E-state index in [1.807, 2.05) is 25.1 Å². The normalized spacial score (nSPS) is 11.9.